The van der Waals surface area contributed by atoms with Gasteiger partial charge in [-0.05, 0) is 35.9 Å². The third-order valence-electron chi connectivity index (χ3n) is 3.72. The number of aliphatic hydroxyl groups excluding tert-OH is 1. The molecule has 2 heterocycles. The molecular formula is C18H20N4O3. The van der Waals surface area contributed by atoms with Gasteiger partial charge in [-0.25, -0.2) is 0 Å². The minimum atomic E-state index is 0.0553. The second-order valence-corrected chi connectivity index (χ2v) is 5.54. The summed E-state index contributed by atoms with van der Waals surface area (Å²) in [6.45, 7) is 1.67. The van der Waals surface area contributed by atoms with Crippen LogP contribution in [0, 0.1) is 0 Å². The molecule has 25 heavy (non-hydrogen) atoms. The van der Waals surface area contributed by atoms with Crippen molar-refractivity contribution in [2.24, 2.45) is 0 Å². The first-order valence-corrected chi connectivity index (χ1v) is 7.97. The Morgan fingerprint density at radius 1 is 1.16 bits per heavy atom. The zero-order valence-corrected chi connectivity index (χ0v) is 14.0. The topological polar surface area (TPSA) is 84.5 Å². The van der Waals surface area contributed by atoms with E-state index < -0.39 is 0 Å². The summed E-state index contributed by atoms with van der Waals surface area (Å²) >= 11 is 0. The van der Waals surface area contributed by atoms with E-state index in [1.807, 2.05) is 41.3 Å². The molecule has 0 aliphatic heterocycles. The van der Waals surface area contributed by atoms with Gasteiger partial charge in [-0.15, -0.1) is 0 Å². The van der Waals surface area contributed by atoms with E-state index in [2.05, 4.69) is 15.1 Å². The Hall–Kier alpha value is -2.77. The van der Waals surface area contributed by atoms with Gasteiger partial charge in [0.25, 0.3) is 0 Å². The lowest BCUT2D eigenvalue weighted by Crippen LogP contribution is -2.26. The van der Waals surface area contributed by atoms with Crippen molar-refractivity contribution in [2.45, 2.75) is 13.1 Å². The summed E-state index contributed by atoms with van der Waals surface area (Å²) < 4.78 is 10.5. The third kappa shape index (κ3) is 4.62. The van der Waals surface area contributed by atoms with E-state index in [9.17, 15) is 5.11 Å². The molecule has 7 nitrogen and oxygen atoms in total. The number of hydrogen-bond acceptors (Lipinski definition) is 7. The fraction of sp³-hybridized carbons (Fsp3) is 0.278. The summed E-state index contributed by atoms with van der Waals surface area (Å²) in [6, 6.07) is 11.4. The standard InChI is InChI=1S/C18H20N4O3/c1-24-16-6-4-15(5-7-16)18-20-17(25-21-18)13-22(9-10-23)12-14-3-2-8-19-11-14/h2-8,11,23H,9-10,12-13H2,1H3. The highest BCUT2D eigenvalue weighted by atomic mass is 16.5. The molecule has 0 aliphatic carbocycles. The maximum Gasteiger partial charge on any atom is 0.241 e. The van der Waals surface area contributed by atoms with Crippen LogP contribution in [-0.2, 0) is 13.1 Å². The molecule has 0 saturated heterocycles. The van der Waals surface area contributed by atoms with Crippen molar-refractivity contribution in [3.63, 3.8) is 0 Å². The minimum Gasteiger partial charge on any atom is -0.497 e. The molecule has 1 aromatic carbocycles. The molecule has 0 radical (unpaired) electrons. The zero-order valence-electron chi connectivity index (χ0n) is 14.0. The average molecular weight is 340 g/mol. The van der Waals surface area contributed by atoms with E-state index in [-0.39, 0.29) is 6.61 Å². The monoisotopic (exact) mass is 340 g/mol. The highest BCUT2D eigenvalue weighted by molar-refractivity contribution is 5.55. The first-order chi connectivity index (χ1) is 12.3. The minimum absolute atomic E-state index is 0.0553. The lowest BCUT2D eigenvalue weighted by atomic mass is 10.2. The molecule has 0 atom stereocenters. The van der Waals surface area contributed by atoms with E-state index >= 15 is 0 Å². The van der Waals surface area contributed by atoms with E-state index in [4.69, 9.17) is 9.26 Å². The molecule has 3 aromatic rings. The number of nitrogens with zero attached hydrogens (tertiary/aromatic N) is 4. The van der Waals surface area contributed by atoms with Crippen molar-refractivity contribution in [1.29, 1.82) is 0 Å². The van der Waals surface area contributed by atoms with Crippen molar-refractivity contribution in [3.8, 4) is 17.1 Å². The number of methoxy groups -OCH3 is 1. The van der Waals surface area contributed by atoms with Gasteiger partial charge in [0.05, 0.1) is 20.3 Å². The van der Waals surface area contributed by atoms with Crippen LogP contribution in [0.5, 0.6) is 5.75 Å². The largest absolute Gasteiger partial charge is 0.497 e. The molecule has 0 aliphatic rings. The average Bonchev–Trinajstić information content (AvgIpc) is 3.11. The molecule has 2 aromatic heterocycles. The molecule has 0 spiro atoms. The summed E-state index contributed by atoms with van der Waals surface area (Å²) in [5.41, 5.74) is 1.92. The van der Waals surface area contributed by atoms with Crippen LogP contribution in [0.2, 0.25) is 0 Å². The predicted octanol–water partition coefficient (Wildman–Crippen LogP) is 2.13. The highest BCUT2D eigenvalue weighted by Gasteiger charge is 2.13. The fourth-order valence-corrected chi connectivity index (χ4v) is 2.47. The van der Waals surface area contributed by atoms with Crippen molar-refractivity contribution in [2.75, 3.05) is 20.3 Å². The number of pyridine rings is 1. The van der Waals surface area contributed by atoms with Gasteiger partial charge in [-0.2, -0.15) is 4.98 Å². The Bertz CT molecular complexity index is 775. The Morgan fingerprint density at radius 2 is 2.00 bits per heavy atom. The molecule has 1 N–H and O–H groups in total. The van der Waals surface area contributed by atoms with Gasteiger partial charge < -0.3 is 14.4 Å². The molecule has 7 heteroatoms. The smallest absolute Gasteiger partial charge is 0.241 e. The molecule has 0 fully saturated rings. The SMILES string of the molecule is COc1ccc(-c2noc(CN(CCO)Cc3cccnc3)n2)cc1. The second-order valence-electron chi connectivity index (χ2n) is 5.54. The number of benzene rings is 1. The number of rotatable bonds is 8. The van der Waals surface area contributed by atoms with Crippen LogP contribution in [-0.4, -0.2) is 45.4 Å². The predicted molar refractivity (Wildman–Crippen MR) is 91.7 cm³/mol. The van der Waals surface area contributed by atoms with Crippen molar-refractivity contribution >= 4 is 0 Å². The van der Waals surface area contributed by atoms with Crippen LogP contribution in [0.1, 0.15) is 11.5 Å². The second kappa shape index (κ2) is 8.36. The lowest BCUT2D eigenvalue weighted by Gasteiger charge is -2.18. The molecule has 3 rings (SSSR count). The number of aromatic nitrogens is 3. The van der Waals surface area contributed by atoms with E-state index in [0.717, 1.165) is 16.9 Å². The summed E-state index contributed by atoms with van der Waals surface area (Å²) in [5.74, 6) is 1.81. The Labute approximate surface area is 145 Å². The molecule has 0 unspecified atom stereocenters. The maximum absolute atomic E-state index is 9.29. The van der Waals surface area contributed by atoms with Gasteiger partial charge in [0.15, 0.2) is 0 Å². The van der Waals surface area contributed by atoms with E-state index in [0.29, 0.717) is 31.3 Å². The number of ether oxygens (including phenoxy) is 1. The van der Waals surface area contributed by atoms with Gasteiger partial charge in [0.1, 0.15) is 5.75 Å². The fourth-order valence-electron chi connectivity index (χ4n) is 2.47. The van der Waals surface area contributed by atoms with Gasteiger partial charge in [-0.1, -0.05) is 11.2 Å². The van der Waals surface area contributed by atoms with Crippen LogP contribution in [0.4, 0.5) is 0 Å². The molecule has 0 amide bonds. The van der Waals surface area contributed by atoms with Gasteiger partial charge in [0.2, 0.25) is 11.7 Å². The molecule has 0 bridgehead atoms. The van der Waals surface area contributed by atoms with Crippen LogP contribution < -0.4 is 4.74 Å². The quantitative estimate of drug-likeness (QED) is 0.672. The Morgan fingerprint density at radius 3 is 2.68 bits per heavy atom. The number of hydrogen-bond donors (Lipinski definition) is 1. The van der Waals surface area contributed by atoms with E-state index in [1.165, 1.54) is 0 Å². The van der Waals surface area contributed by atoms with Crippen molar-refractivity contribution in [1.82, 2.24) is 20.0 Å². The van der Waals surface area contributed by atoms with Crippen LogP contribution in [0.3, 0.4) is 0 Å². The van der Waals surface area contributed by atoms with E-state index in [1.54, 1.807) is 19.5 Å². The van der Waals surface area contributed by atoms with Crippen LogP contribution in [0.25, 0.3) is 11.4 Å². The Kier molecular flexibility index (Phi) is 5.71. The number of aliphatic hydroxyl groups is 1. The molecule has 0 saturated carbocycles. The normalized spacial score (nSPS) is 11.0. The van der Waals surface area contributed by atoms with Crippen molar-refractivity contribution in [3.05, 3.63) is 60.2 Å². The Balaban J connectivity index is 1.69. The lowest BCUT2D eigenvalue weighted by molar-refractivity contribution is 0.167. The molecular weight excluding hydrogens is 320 g/mol. The maximum atomic E-state index is 9.29. The van der Waals surface area contributed by atoms with Gasteiger partial charge >= 0.3 is 0 Å². The molecule has 130 valence electrons. The summed E-state index contributed by atoms with van der Waals surface area (Å²) in [7, 11) is 1.62. The third-order valence-corrected chi connectivity index (χ3v) is 3.72. The van der Waals surface area contributed by atoms with Gasteiger partial charge in [-0.3, -0.25) is 9.88 Å². The van der Waals surface area contributed by atoms with Crippen LogP contribution in [0.15, 0.2) is 53.3 Å². The summed E-state index contributed by atoms with van der Waals surface area (Å²) in [4.78, 5) is 10.6. The first-order valence-electron chi connectivity index (χ1n) is 7.97. The highest BCUT2D eigenvalue weighted by Crippen LogP contribution is 2.20. The zero-order chi connectivity index (χ0) is 17.5. The van der Waals surface area contributed by atoms with Crippen LogP contribution >= 0.6 is 0 Å². The first kappa shape index (κ1) is 17.1. The van der Waals surface area contributed by atoms with Crippen molar-refractivity contribution < 1.29 is 14.4 Å². The summed E-state index contributed by atoms with van der Waals surface area (Å²) in [6.07, 6.45) is 3.54. The summed E-state index contributed by atoms with van der Waals surface area (Å²) in [5, 5.41) is 13.3. The van der Waals surface area contributed by atoms with Gasteiger partial charge in [0, 0.05) is 31.0 Å².